The van der Waals surface area contributed by atoms with Crippen LogP contribution in [0.15, 0.2) is 0 Å². The number of halogens is 1. The molecule has 0 fully saturated rings. The van der Waals surface area contributed by atoms with E-state index in [0.29, 0.717) is 11.0 Å². The first-order valence-electron chi connectivity index (χ1n) is 3.48. The average molecular weight is 164 g/mol. The van der Waals surface area contributed by atoms with E-state index >= 15 is 0 Å². The minimum Gasteiger partial charge on any atom is -0.458 e. The summed E-state index contributed by atoms with van der Waals surface area (Å²) in [6.45, 7) is -0.0465. The average Bonchev–Trinajstić information content (AvgIpc) is 1.85. The number of rotatable bonds is 4. The van der Waals surface area contributed by atoms with Gasteiger partial charge in [-0.2, -0.15) is 0 Å². The predicted octanol–water partition coefficient (Wildman–Crippen LogP) is 0.205. The van der Waals surface area contributed by atoms with Gasteiger partial charge in [-0.25, -0.2) is 9.18 Å². The molecule has 0 amide bonds. The molecular formula is C7H15FNO2+. The molecule has 0 saturated heterocycles. The van der Waals surface area contributed by atoms with E-state index in [-0.39, 0.29) is 6.61 Å². The summed E-state index contributed by atoms with van der Waals surface area (Å²) in [5, 5.41) is 0. The molecule has 0 aliphatic heterocycles. The molecule has 4 heteroatoms. The maximum Gasteiger partial charge on any atom is 0.337 e. The molecule has 0 N–H and O–H groups in total. The second kappa shape index (κ2) is 4.28. The number of hydrogen-bond acceptors (Lipinski definition) is 2. The van der Waals surface area contributed by atoms with Crippen LogP contribution in [-0.2, 0) is 9.53 Å². The smallest absolute Gasteiger partial charge is 0.337 e. The third kappa shape index (κ3) is 7.25. The molecule has 0 aromatic rings. The Morgan fingerprint density at radius 3 is 2.36 bits per heavy atom. The molecule has 0 unspecified atom stereocenters. The Labute approximate surface area is 66.3 Å². The molecule has 3 nitrogen and oxygen atoms in total. The van der Waals surface area contributed by atoms with Crippen LogP contribution >= 0.6 is 0 Å². The molecule has 0 radical (unpaired) electrons. The number of nitrogens with zero attached hydrogens (tertiary/aromatic N) is 1. The van der Waals surface area contributed by atoms with Crippen molar-refractivity contribution < 1.29 is 18.4 Å². The van der Waals surface area contributed by atoms with E-state index < -0.39 is 12.6 Å². The van der Waals surface area contributed by atoms with Gasteiger partial charge >= 0.3 is 5.97 Å². The van der Waals surface area contributed by atoms with E-state index in [1.54, 1.807) is 0 Å². The van der Waals surface area contributed by atoms with Crippen LogP contribution in [0, 0.1) is 0 Å². The van der Waals surface area contributed by atoms with Crippen molar-refractivity contribution in [2.75, 3.05) is 41.0 Å². The van der Waals surface area contributed by atoms with E-state index in [4.69, 9.17) is 0 Å². The van der Waals surface area contributed by atoms with E-state index in [0.717, 1.165) is 0 Å². The third-order valence-corrected chi connectivity index (χ3v) is 1.13. The summed E-state index contributed by atoms with van der Waals surface area (Å²) < 4.78 is 16.8. The van der Waals surface area contributed by atoms with Crippen molar-refractivity contribution >= 4 is 5.97 Å². The number of alkyl halides is 1. The van der Waals surface area contributed by atoms with Crippen LogP contribution in [0.4, 0.5) is 4.39 Å². The minimum absolute atomic E-state index is 0.284. The van der Waals surface area contributed by atoms with Crippen LogP contribution in [0.2, 0.25) is 0 Å². The van der Waals surface area contributed by atoms with Gasteiger partial charge in [0.05, 0.1) is 21.1 Å². The first-order valence-corrected chi connectivity index (χ1v) is 3.48. The molecule has 0 aliphatic rings. The lowest BCUT2D eigenvalue weighted by Crippen LogP contribution is -2.38. The van der Waals surface area contributed by atoms with Gasteiger partial charge in [-0.05, 0) is 0 Å². The number of hydrogen-bond donors (Lipinski definition) is 0. The Morgan fingerprint density at radius 1 is 1.45 bits per heavy atom. The second-order valence-corrected chi connectivity index (χ2v) is 3.37. The largest absolute Gasteiger partial charge is 0.458 e. The summed E-state index contributed by atoms with van der Waals surface area (Å²) in [4.78, 5) is 10.3. The van der Waals surface area contributed by atoms with Gasteiger partial charge in [0.15, 0.2) is 6.67 Å². The van der Waals surface area contributed by atoms with Gasteiger partial charge in [-0.1, -0.05) is 0 Å². The third-order valence-electron chi connectivity index (χ3n) is 1.13. The highest BCUT2D eigenvalue weighted by Crippen LogP contribution is 1.89. The maximum atomic E-state index is 11.5. The molecule has 0 saturated carbocycles. The number of quaternary nitrogens is 1. The summed E-state index contributed by atoms with van der Waals surface area (Å²) in [6.07, 6.45) is 0. The second-order valence-electron chi connectivity index (χ2n) is 3.37. The van der Waals surface area contributed by atoms with Crippen molar-refractivity contribution in [3.05, 3.63) is 0 Å². The highest BCUT2D eigenvalue weighted by Gasteiger charge is 2.08. The SMILES string of the molecule is C[N+](C)(C)CCOC(=O)CF. The first-order chi connectivity index (χ1) is 4.95. The van der Waals surface area contributed by atoms with E-state index in [1.807, 2.05) is 21.1 Å². The van der Waals surface area contributed by atoms with Gasteiger partial charge in [-0.3, -0.25) is 0 Å². The lowest BCUT2D eigenvalue weighted by atomic mass is 10.5. The van der Waals surface area contributed by atoms with Gasteiger partial charge in [0.2, 0.25) is 0 Å². The van der Waals surface area contributed by atoms with Crippen molar-refractivity contribution in [2.24, 2.45) is 0 Å². The molecule has 0 aromatic carbocycles. The monoisotopic (exact) mass is 164 g/mol. The minimum atomic E-state index is -1.03. The van der Waals surface area contributed by atoms with E-state index in [2.05, 4.69) is 4.74 Å². The van der Waals surface area contributed by atoms with Crippen molar-refractivity contribution in [2.45, 2.75) is 0 Å². The highest BCUT2D eigenvalue weighted by molar-refractivity contribution is 5.70. The van der Waals surface area contributed by atoms with Gasteiger partial charge in [0.25, 0.3) is 0 Å². The fourth-order valence-corrected chi connectivity index (χ4v) is 0.472. The molecular weight excluding hydrogens is 149 g/mol. The van der Waals surface area contributed by atoms with E-state index in [1.165, 1.54) is 0 Å². The molecule has 0 aliphatic carbocycles. The Morgan fingerprint density at radius 2 is 2.00 bits per heavy atom. The lowest BCUT2D eigenvalue weighted by molar-refractivity contribution is -0.870. The Hall–Kier alpha value is -0.640. The number of likely N-dealkylation sites (N-methyl/N-ethyl adjacent to an activating group) is 1. The van der Waals surface area contributed by atoms with Crippen LogP contribution < -0.4 is 0 Å². The van der Waals surface area contributed by atoms with Gasteiger partial charge in [0.1, 0.15) is 13.2 Å². The molecule has 0 bridgehead atoms. The number of ether oxygens (including phenoxy) is 1. The number of carbonyl (C=O) groups is 1. The number of esters is 1. The number of carbonyl (C=O) groups excluding carboxylic acids is 1. The summed E-state index contributed by atoms with van der Waals surface area (Å²) in [5.74, 6) is -0.779. The highest BCUT2D eigenvalue weighted by atomic mass is 19.1. The van der Waals surface area contributed by atoms with Crippen molar-refractivity contribution in [3.8, 4) is 0 Å². The first kappa shape index (κ1) is 10.4. The van der Waals surface area contributed by atoms with Crippen molar-refractivity contribution in [1.29, 1.82) is 0 Å². The molecule has 0 atom stereocenters. The predicted molar refractivity (Wildman–Crippen MR) is 39.8 cm³/mol. The fraction of sp³-hybridized carbons (Fsp3) is 0.857. The Balaban J connectivity index is 3.35. The topological polar surface area (TPSA) is 26.3 Å². The standard InChI is InChI=1S/C7H15FNO2/c1-9(2,3)4-5-11-7(10)6-8/h4-6H2,1-3H3/q+1. The van der Waals surface area contributed by atoms with Crippen molar-refractivity contribution in [1.82, 2.24) is 0 Å². The lowest BCUT2D eigenvalue weighted by Gasteiger charge is -2.23. The summed E-state index contributed by atoms with van der Waals surface area (Å²) in [5.41, 5.74) is 0. The van der Waals surface area contributed by atoms with Crippen LogP contribution in [0.1, 0.15) is 0 Å². The van der Waals surface area contributed by atoms with Gasteiger partial charge < -0.3 is 9.22 Å². The Kier molecular flexibility index (Phi) is 4.03. The summed E-state index contributed by atoms with van der Waals surface area (Å²) >= 11 is 0. The maximum absolute atomic E-state index is 11.5. The quantitative estimate of drug-likeness (QED) is 0.438. The normalized spacial score (nSPS) is 11.3. The zero-order valence-corrected chi connectivity index (χ0v) is 7.26. The van der Waals surface area contributed by atoms with Gasteiger partial charge in [-0.15, -0.1) is 0 Å². The zero-order valence-electron chi connectivity index (χ0n) is 7.26. The van der Waals surface area contributed by atoms with Crippen LogP contribution in [0.3, 0.4) is 0 Å². The molecule has 0 rings (SSSR count). The van der Waals surface area contributed by atoms with Crippen LogP contribution in [0.5, 0.6) is 0 Å². The van der Waals surface area contributed by atoms with Gasteiger partial charge in [0, 0.05) is 0 Å². The van der Waals surface area contributed by atoms with Crippen LogP contribution in [-0.4, -0.2) is 51.4 Å². The van der Waals surface area contributed by atoms with E-state index in [9.17, 15) is 9.18 Å². The summed E-state index contributed by atoms with van der Waals surface area (Å²) in [6, 6.07) is 0. The molecule has 0 spiro atoms. The van der Waals surface area contributed by atoms with Crippen molar-refractivity contribution in [3.63, 3.8) is 0 Å². The zero-order chi connectivity index (χ0) is 8.91. The molecule has 66 valence electrons. The summed E-state index contributed by atoms with van der Waals surface area (Å²) in [7, 11) is 5.93. The molecule has 0 heterocycles. The Bertz CT molecular complexity index is 131. The molecule has 0 aromatic heterocycles. The fourth-order valence-electron chi connectivity index (χ4n) is 0.472. The van der Waals surface area contributed by atoms with Crippen LogP contribution in [0.25, 0.3) is 0 Å². The molecule has 11 heavy (non-hydrogen) atoms.